The Hall–Kier alpha value is -5.26. The van der Waals surface area contributed by atoms with Crippen LogP contribution in [0.2, 0.25) is 0 Å². The largest absolute Gasteiger partial charge is 0.498 e. The fourth-order valence-electron chi connectivity index (χ4n) is 7.38. The van der Waals surface area contributed by atoms with Gasteiger partial charge in [0.25, 0.3) is 0 Å². The van der Waals surface area contributed by atoms with Crippen LogP contribution in [0.4, 0.5) is 0 Å². The Morgan fingerprint density at radius 1 is 0.678 bits per heavy atom. The van der Waals surface area contributed by atoms with Crippen molar-refractivity contribution in [2.75, 3.05) is 0 Å². The molecule has 0 unspecified atom stereocenters. The number of fused-ring (bicyclic) bond motifs is 5. The van der Waals surface area contributed by atoms with E-state index in [0.717, 1.165) is 54.0 Å². The monoisotopic (exact) mass is 974 g/mol. The summed E-state index contributed by atoms with van der Waals surface area (Å²) in [6.07, 6.45) is 3.40. The Morgan fingerprint density at radius 2 is 1.41 bits per heavy atom. The van der Waals surface area contributed by atoms with E-state index in [1.165, 1.54) is 46.1 Å². The Balaban J connectivity index is 0.000000205. The van der Waals surface area contributed by atoms with Gasteiger partial charge >= 0.3 is 0 Å². The SMILES string of the molecule is Cc1cccc(C)c1-c1cc(-c2[c-]ccc3c2oc2c3ccc3sc(C(C)(C)C)nc32)ncc1C(C)(C)C.[2H]C([2H])([2H])c1c[c-]c(-c2cc(-c3ccccc3)c(C([2H])([2H])[2H])cn2)cc1.[Ir]. The fraction of sp³-hybridized carbons (Fsp3) is 0.226. The molecule has 0 spiro atoms. The zero-order valence-electron chi connectivity index (χ0n) is 40.5. The minimum absolute atomic E-state index is 0. The summed E-state index contributed by atoms with van der Waals surface area (Å²) < 4.78 is 53.3. The molecule has 0 saturated heterocycles. The zero-order valence-corrected chi connectivity index (χ0v) is 37.7. The topological polar surface area (TPSA) is 51.8 Å². The molecule has 0 aliphatic carbocycles. The number of hydrogen-bond acceptors (Lipinski definition) is 5. The molecule has 0 fully saturated rings. The van der Waals surface area contributed by atoms with Crippen LogP contribution in [0.3, 0.4) is 0 Å². The number of rotatable bonds is 4. The van der Waals surface area contributed by atoms with Gasteiger partial charge in [0.2, 0.25) is 0 Å². The van der Waals surface area contributed by atoms with Gasteiger partial charge in [0.1, 0.15) is 11.1 Å². The van der Waals surface area contributed by atoms with Crippen molar-refractivity contribution in [2.45, 2.75) is 79.9 Å². The zero-order chi connectivity index (χ0) is 45.9. The Kier molecular flexibility index (Phi) is 9.62. The van der Waals surface area contributed by atoms with Crippen LogP contribution in [0, 0.1) is 39.7 Å². The van der Waals surface area contributed by atoms with E-state index in [1.807, 2.05) is 42.6 Å². The van der Waals surface area contributed by atoms with Gasteiger partial charge in [0, 0.05) is 51.5 Å². The average Bonchev–Trinajstić information content (AvgIpc) is 3.86. The summed E-state index contributed by atoms with van der Waals surface area (Å²) in [5.41, 5.74) is 13.4. The van der Waals surface area contributed by atoms with E-state index >= 15 is 0 Å². The first kappa shape index (κ1) is 34.6. The quantitative estimate of drug-likeness (QED) is 0.165. The van der Waals surface area contributed by atoms with E-state index in [1.54, 1.807) is 23.5 Å². The third-order valence-corrected chi connectivity index (χ3v) is 11.8. The molecule has 0 aliphatic rings. The minimum Gasteiger partial charge on any atom is -0.498 e. The van der Waals surface area contributed by atoms with Gasteiger partial charge in [-0.2, -0.15) is 0 Å². The van der Waals surface area contributed by atoms with Crippen LogP contribution in [-0.2, 0) is 30.9 Å². The van der Waals surface area contributed by atoms with Gasteiger partial charge in [-0.3, -0.25) is 0 Å². The summed E-state index contributed by atoms with van der Waals surface area (Å²) in [4.78, 5) is 14.3. The van der Waals surface area contributed by atoms with Crippen LogP contribution < -0.4 is 0 Å². The smallest absolute Gasteiger partial charge is 0.148 e. The Morgan fingerprint density at radius 3 is 2.08 bits per heavy atom. The molecule has 4 nitrogen and oxygen atoms in total. The molecule has 0 N–H and O–H groups in total. The fourth-order valence-corrected chi connectivity index (χ4v) is 8.40. The molecule has 9 aromatic rings. The summed E-state index contributed by atoms with van der Waals surface area (Å²) in [6.45, 7) is 13.2. The number of benzene rings is 5. The number of thiazole rings is 1. The summed E-state index contributed by atoms with van der Waals surface area (Å²) in [5.74, 6) is 0. The van der Waals surface area contributed by atoms with Gasteiger partial charge in [0.15, 0.2) is 0 Å². The molecule has 0 bridgehead atoms. The molecule has 0 aliphatic heterocycles. The summed E-state index contributed by atoms with van der Waals surface area (Å²) in [6, 6.07) is 39.0. The molecule has 0 atom stereocenters. The molecule has 4 aromatic heterocycles. The van der Waals surface area contributed by atoms with Crippen molar-refractivity contribution < 1.29 is 32.7 Å². The van der Waals surface area contributed by atoms with E-state index in [2.05, 4.69) is 115 Å². The summed E-state index contributed by atoms with van der Waals surface area (Å²) in [5, 5.41) is 3.26. The van der Waals surface area contributed by atoms with Crippen LogP contribution in [0.5, 0.6) is 0 Å². The Bertz CT molecular complexity index is 3160. The van der Waals surface area contributed by atoms with E-state index < -0.39 is 13.7 Å². The maximum Gasteiger partial charge on any atom is 0.148 e. The standard InChI is InChI=1S/C34H33N2OS.C19H16N.Ir/c1-19-11-9-12-20(2)28(19)24-17-26(35-18-25(24)33(3,4)5)23-14-10-13-21-22-15-16-27-29(31(22)37-30(21)23)36-32(38-27)34(6,7)8;1-14-8-10-17(11-9-14)19-12-18(15(2)13-20-19)16-6-4-3-5-7-16;/h9-13,15-18H,1-8H3;3-10,12-13H,1-2H3;/q2*-1;/i;1D3,2D3;. The van der Waals surface area contributed by atoms with Crippen LogP contribution >= 0.6 is 11.3 Å². The van der Waals surface area contributed by atoms with Gasteiger partial charge < -0.3 is 14.4 Å². The third kappa shape index (κ3) is 8.32. The molecule has 0 amide bonds. The second-order valence-electron chi connectivity index (χ2n) is 16.9. The van der Waals surface area contributed by atoms with Crippen LogP contribution in [-0.4, -0.2) is 15.0 Å². The predicted octanol–water partition coefficient (Wildman–Crippen LogP) is 14.8. The first-order valence-corrected chi connectivity index (χ1v) is 20.2. The van der Waals surface area contributed by atoms with Gasteiger partial charge in [-0.05, 0) is 88.1 Å². The molecular formula is C53H49IrN3OS-2. The van der Waals surface area contributed by atoms with E-state index in [0.29, 0.717) is 16.8 Å². The second kappa shape index (κ2) is 16.4. The predicted molar refractivity (Wildman–Crippen MR) is 245 cm³/mol. The number of pyridine rings is 2. The molecule has 5 aromatic carbocycles. The first-order chi connectivity index (χ1) is 30.1. The Labute approximate surface area is 374 Å². The number of aromatic nitrogens is 3. The van der Waals surface area contributed by atoms with Crippen molar-refractivity contribution in [2.24, 2.45) is 0 Å². The summed E-state index contributed by atoms with van der Waals surface area (Å²) >= 11 is 1.74. The number of nitrogens with zero attached hydrogens (tertiary/aromatic N) is 3. The van der Waals surface area contributed by atoms with Crippen molar-refractivity contribution in [1.29, 1.82) is 0 Å². The molecular weight excluding hydrogens is 919 g/mol. The van der Waals surface area contributed by atoms with Crippen molar-refractivity contribution in [3.8, 4) is 44.8 Å². The molecule has 59 heavy (non-hydrogen) atoms. The van der Waals surface area contributed by atoms with Gasteiger partial charge in [-0.15, -0.1) is 64.9 Å². The van der Waals surface area contributed by atoms with Crippen molar-refractivity contribution in [3.05, 3.63) is 160 Å². The normalized spacial score (nSPS) is 13.7. The van der Waals surface area contributed by atoms with Crippen LogP contribution in [0.15, 0.2) is 120 Å². The van der Waals surface area contributed by atoms with E-state index in [9.17, 15) is 0 Å². The second-order valence-corrected chi connectivity index (χ2v) is 17.9. The molecule has 299 valence electrons. The van der Waals surface area contributed by atoms with Crippen molar-refractivity contribution in [1.82, 2.24) is 15.0 Å². The van der Waals surface area contributed by atoms with Gasteiger partial charge in [-0.1, -0.05) is 126 Å². The number of hydrogen-bond donors (Lipinski definition) is 0. The maximum absolute atomic E-state index is 7.76. The van der Waals surface area contributed by atoms with E-state index in [4.69, 9.17) is 22.6 Å². The van der Waals surface area contributed by atoms with Crippen LogP contribution in [0.25, 0.3) is 76.9 Å². The van der Waals surface area contributed by atoms with Crippen molar-refractivity contribution in [3.63, 3.8) is 0 Å². The average molecular weight is 974 g/mol. The van der Waals surface area contributed by atoms with E-state index in [-0.39, 0.29) is 42.1 Å². The summed E-state index contributed by atoms with van der Waals surface area (Å²) in [7, 11) is 0. The maximum atomic E-state index is 7.76. The van der Waals surface area contributed by atoms with Gasteiger partial charge in [0.05, 0.1) is 15.3 Å². The van der Waals surface area contributed by atoms with Crippen LogP contribution in [0.1, 0.15) is 82.6 Å². The molecule has 1 radical (unpaired) electrons. The van der Waals surface area contributed by atoms with Gasteiger partial charge in [-0.25, -0.2) is 4.98 Å². The molecule has 4 heterocycles. The minimum atomic E-state index is -2.29. The molecule has 9 rings (SSSR count). The first-order valence-electron chi connectivity index (χ1n) is 22.4. The molecule has 0 saturated carbocycles. The molecule has 6 heteroatoms. The van der Waals surface area contributed by atoms with Crippen molar-refractivity contribution >= 4 is 43.5 Å². The third-order valence-electron chi connectivity index (χ3n) is 10.4. The number of furan rings is 1. The number of aryl methyl sites for hydroxylation is 4.